The van der Waals surface area contributed by atoms with Crippen LogP contribution in [0.3, 0.4) is 0 Å². The lowest BCUT2D eigenvalue weighted by Gasteiger charge is -2.40. The van der Waals surface area contributed by atoms with Crippen molar-refractivity contribution < 1.29 is 4.79 Å². The SMILES string of the molecule is CSC1(C(N)=S)CCN(C(=O)c2cc(Br)ccc2C)CC1. The Labute approximate surface area is 143 Å². The molecule has 0 aliphatic carbocycles. The molecule has 21 heavy (non-hydrogen) atoms. The van der Waals surface area contributed by atoms with Crippen LogP contribution < -0.4 is 5.73 Å². The molecule has 1 aromatic carbocycles. The van der Waals surface area contributed by atoms with E-state index < -0.39 is 0 Å². The third-order valence-electron chi connectivity index (χ3n) is 4.13. The number of thiocarbonyl (C=S) groups is 1. The van der Waals surface area contributed by atoms with Crippen molar-refractivity contribution in [3.63, 3.8) is 0 Å². The first-order chi connectivity index (χ1) is 9.89. The Morgan fingerprint density at radius 1 is 1.43 bits per heavy atom. The van der Waals surface area contributed by atoms with Gasteiger partial charge in [0.1, 0.15) is 0 Å². The highest BCUT2D eigenvalue weighted by atomic mass is 79.9. The van der Waals surface area contributed by atoms with E-state index in [-0.39, 0.29) is 10.7 Å². The van der Waals surface area contributed by atoms with E-state index in [2.05, 4.69) is 15.9 Å². The summed E-state index contributed by atoms with van der Waals surface area (Å²) in [4.78, 5) is 15.1. The number of amides is 1. The van der Waals surface area contributed by atoms with E-state index in [0.29, 0.717) is 18.1 Å². The van der Waals surface area contributed by atoms with Gasteiger partial charge in [0.15, 0.2) is 0 Å². The number of thioether (sulfide) groups is 1. The summed E-state index contributed by atoms with van der Waals surface area (Å²) in [7, 11) is 0. The van der Waals surface area contributed by atoms with Crippen LogP contribution in [-0.4, -0.2) is 39.9 Å². The minimum absolute atomic E-state index is 0.0893. The number of hydrogen-bond acceptors (Lipinski definition) is 3. The number of carbonyl (C=O) groups is 1. The molecule has 0 radical (unpaired) electrons. The maximum absolute atomic E-state index is 12.7. The molecule has 0 unspecified atom stereocenters. The van der Waals surface area contributed by atoms with Crippen molar-refractivity contribution in [3.05, 3.63) is 33.8 Å². The van der Waals surface area contributed by atoms with Crippen LogP contribution in [-0.2, 0) is 0 Å². The van der Waals surface area contributed by atoms with E-state index in [1.54, 1.807) is 11.8 Å². The van der Waals surface area contributed by atoms with Crippen molar-refractivity contribution in [2.75, 3.05) is 19.3 Å². The van der Waals surface area contributed by atoms with Gasteiger partial charge in [-0.1, -0.05) is 34.2 Å². The molecule has 0 atom stereocenters. The lowest BCUT2D eigenvalue weighted by atomic mass is 9.94. The number of benzene rings is 1. The summed E-state index contributed by atoms with van der Waals surface area (Å²) in [6.45, 7) is 3.36. The highest BCUT2D eigenvalue weighted by molar-refractivity contribution is 9.10. The zero-order valence-corrected chi connectivity index (χ0v) is 15.4. The Morgan fingerprint density at radius 2 is 2.05 bits per heavy atom. The fourth-order valence-electron chi connectivity index (χ4n) is 2.62. The average Bonchev–Trinajstić information content (AvgIpc) is 2.49. The van der Waals surface area contributed by atoms with E-state index in [1.807, 2.05) is 36.3 Å². The van der Waals surface area contributed by atoms with E-state index in [0.717, 1.165) is 28.4 Å². The highest BCUT2D eigenvalue weighted by Gasteiger charge is 2.38. The number of nitrogens with zero attached hydrogens (tertiary/aromatic N) is 1. The zero-order chi connectivity index (χ0) is 15.6. The molecule has 2 N–H and O–H groups in total. The normalized spacial score (nSPS) is 17.6. The van der Waals surface area contributed by atoms with Gasteiger partial charge in [0.25, 0.3) is 5.91 Å². The molecule has 2 rings (SSSR count). The molecule has 3 nitrogen and oxygen atoms in total. The number of aryl methyl sites for hydroxylation is 1. The second kappa shape index (κ2) is 6.67. The Balaban J connectivity index is 2.13. The number of likely N-dealkylation sites (tertiary alicyclic amines) is 1. The van der Waals surface area contributed by atoms with Crippen LogP contribution in [0.1, 0.15) is 28.8 Å². The number of carbonyl (C=O) groups excluding carboxylic acids is 1. The number of nitrogens with two attached hydrogens (primary N) is 1. The summed E-state index contributed by atoms with van der Waals surface area (Å²) in [5, 5.41) is 0. The maximum atomic E-state index is 12.7. The van der Waals surface area contributed by atoms with E-state index >= 15 is 0 Å². The molecule has 1 saturated heterocycles. The topological polar surface area (TPSA) is 46.3 Å². The molecule has 0 spiro atoms. The highest BCUT2D eigenvalue weighted by Crippen LogP contribution is 2.35. The largest absolute Gasteiger partial charge is 0.392 e. The van der Waals surface area contributed by atoms with Gasteiger partial charge in [-0.25, -0.2) is 0 Å². The van der Waals surface area contributed by atoms with Crippen molar-refractivity contribution in [2.24, 2.45) is 5.73 Å². The summed E-state index contributed by atoms with van der Waals surface area (Å²) in [6.07, 6.45) is 3.68. The Kier molecular flexibility index (Phi) is 5.33. The lowest BCUT2D eigenvalue weighted by molar-refractivity contribution is 0.0718. The van der Waals surface area contributed by atoms with Crippen molar-refractivity contribution in [3.8, 4) is 0 Å². The Bertz CT molecular complexity index is 569. The number of halogens is 1. The third-order valence-corrected chi connectivity index (χ3v) is 6.55. The van der Waals surface area contributed by atoms with Crippen LogP contribution in [0, 0.1) is 6.92 Å². The van der Waals surface area contributed by atoms with Gasteiger partial charge in [0.05, 0.1) is 9.74 Å². The molecule has 1 aromatic rings. The number of rotatable bonds is 3. The molecule has 1 amide bonds. The number of piperidine rings is 1. The summed E-state index contributed by atoms with van der Waals surface area (Å²) >= 11 is 10.3. The first-order valence-corrected chi connectivity index (χ1v) is 9.23. The predicted molar refractivity (Wildman–Crippen MR) is 97.0 cm³/mol. The molecular formula is C15H19BrN2OS2. The fourth-order valence-corrected chi connectivity index (χ4v) is 4.22. The second-order valence-electron chi connectivity index (χ2n) is 5.31. The van der Waals surface area contributed by atoms with Crippen molar-refractivity contribution in [2.45, 2.75) is 24.5 Å². The minimum atomic E-state index is -0.154. The van der Waals surface area contributed by atoms with E-state index in [1.165, 1.54) is 0 Å². The smallest absolute Gasteiger partial charge is 0.254 e. The first kappa shape index (κ1) is 16.8. The van der Waals surface area contributed by atoms with Crippen LogP contribution >= 0.6 is 39.9 Å². The molecule has 1 aliphatic heterocycles. The minimum Gasteiger partial charge on any atom is -0.392 e. The predicted octanol–water partition coefficient (Wildman–Crippen LogP) is 3.38. The standard InChI is InChI=1S/C15H19BrN2OS2/c1-10-3-4-11(16)9-12(10)13(19)18-7-5-15(21-2,6-8-18)14(17)20/h3-4,9H,5-8H2,1-2H3,(H2,17,20). The second-order valence-corrected chi connectivity index (χ2v) is 7.86. The zero-order valence-electron chi connectivity index (χ0n) is 12.2. The lowest BCUT2D eigenvalue weighted by Crippen LogP contribution is -2.50. The van der Waals surface area contributed by atoms with Crippen molar-refractivity contribution in [1.82, 2.24) is 4.90 Å². The monoisotopic (exact) mass is 386 g/mol. The van der Waals surface area contributed by atoms with Gasteiger partial charge in [0.2, 0.25) is 0 Å². The van der Waals surface area contributed by atoms with Crippen LogP contribution in [0.5, 0.6) is 0 Å². The van der Waals surface area contributed by atoms with Crippen molar-refractivity contribution >= 4 is 50.8 Å². The first-order valence-electron chi connectivity index (χ1n) is 6.80. The molecule has 6 heteroatoms. The Morgan fingerprint density at radius 3 is 2.57 bits per heavy atom. The maximum Gasteiger partial charge on any atom is 0.254 e. The molecule has 114 valence electrons. The van der Waals surface area contributed by atoms with Gasteiger partial charge in [-0.05, 0) is 43.7 Å². The van der Waals surface area contributed by atoms with Gasteiger partial charge < -0.3 is 10.6 Å². The quantitative estimate of drug-likeness (QED) is 0.808. The Hall–Kier alpha value is -0.590. The van der Waals surface area contributed by atoms with Crippen molar-refractivity contribution in [1.29, 1.82) is 0 Å². The molecule has 1 heterocycles. The molecule has 1 aliphatic rings. The van der Waals surface area contributed by atoms with Gasteiger partial charge >= 0.3 is 0 Å². The molecule has 1 fully saturated rings. The third kappa shape index (κ3) is 3.43. The van der Waals surface area contributed by atoms with Crippen LogP contribution in [0.15, 0.2) is 22.7 Å². The van der Waals surface area contributed by atoms with Crippen LogP contribution in [0.2, 0.25) is 0 Å². The molecular weight excluding hydrogens is 368 g/mol. The summed E-state index contributed by atoms with van der Waals surface area (Å²) in [5.41, 5.74) is 7.65. The van der Waals surface area contributed by atoms with Crippen LogP contribution in [0.25, 0.3) is 0 Å². The average molecular weight is 387 g/mol. The summed E-state index contributed by atoms with van der Waals surface area (Å²) < 4.78 is 0.772. The van der Waals surface area contributed by atoms with Gasteiger partial charge in [-0.3, -0.25) is 4.79 Å². The van der Waals surface area contributed by atoms with E-state index in [4.69, 9.17) is 18.0 Å². The summed E-state index contributed by atoms with van der Waals surface area (Å²) in [6, 6.07) is 5.80. The van der Waals surface area contributed by atoms with Gasteiger partial charge in [0, 0.05) is 23.1 Å². The number of hydrogen-bond donors (Lipinski definition) is 1. The molecule has 0 aromatic heterocycles. The van der Waals surface area contributed by atoms with Crippen LogP contribution in [0.4, 0.5) is 0 Å². The molecule has 0 saturated carbocycles. The van der Waals surface area contributed by atoms with Gasteiger partial charge in [-0.2, -0.15) is 11.8 Å². The molecule has 0 bridgehead atoms. The fraction of sp³-hybridized carbons (Fsp3) is 0.467. The summed E-state index contributed by atoms with van der Waals surface area (Å²) in [5.74, 6) is 0.0893. The van der Waals surface area contributed by atoms with Gasteiger partial charge in [-0.15, -0.1) is 0 Å². The van der Waals surface area contributed by atoms with E-state index in [9.17, 15) is 4.79 Å².